The molecule has 0 unspecified atom stereocenters. The molecule has 6 heteroatoms. The minimum absolute atomic E-state index is 0.0489. The standard InChI is InChI=1S/C14H10BrF2NO2/c15-9-4-3-5-10(8-9)18-13(19)11-6-1-2-7-12(11)20-14(16)17/h1-8,14H,(H,18,19). The number of nitrogens with one attached hydrogen (secondary N) is 1. The highest BCUT2D eigenvalue weighted by atomic mass is 79.9. The Bertz CT molecular complexity index is 620. The van der Waals surface area contributed by atoms with Crippen LogP contribution in [0.25, 0.3) is 0 Å². The molecule has 2 aromatic carbocycles. The summed E-state index contributed by atoms with van der Waals surface area (Å²) in [6.45, 7) is -2.98. The van der Waals surface area contributed by atoms with Crippen molar-refractivity contribution in [3.05, 3.63) is 58.6 Å². The van der Waals surface area contributed by atoms with E-state index in [2.05, 4.69) is 26.0 Å². The van der Waals surface area contributed by atoms with Gasteiger partial charge in [-0.3, -0.25) is 4.79 Å². The smallest absolute Gasteiger partial charge is 0.387 e. The van der Waals surface area contributed by atoms with Gasteiger partial charge in [-0.15, -0.1) is 0 Å². The van der Waals surface area contributed by atoms with Gasteiger partial charge in [-0.25, -0.2) is 0 Å². The number of rotatable bonds is 4. The maximum atomic E-state index is 12.3. The highest BCUT2D eigenvalue weighted by Gasteiger charge is 2.15. The molecule has 0 aliphatic carbocycles. The van der Waals surface area contributed by atoms with Gasteiger partial charge in [0.15, 0.2) is 0 Å². The molecule has 0 radical (unpaired) electrons. The normalized spacial score (nSPS) is 10.4. The van der Waals surface area contributed by atoms with E-state index < -0.39 is 12.5 Å². The first-order valence-corrected chi connectivity index (χ1v) is 6.46. The third-order valence-electron chi connectivity index (χ3n) is 2.43. The maximum absolute atomic E-state index is 12.3. The highest BCUT2D eigenvalue weighted by Crippen LogP contribution is 2.22. The lowest BCUT2D eigenvalue weighted by Crippen LogP contribution is -2.14. The van der Waals surface area contributed by atoms with Crippen LogP contribution in [-0.4, -0.2) is 12.5 Å². The van der Waals surface area contributed by atoms with Crippen LogP contribution in [0.3, 0.4) is 0 Å². The Morgan fingerprint density at radius 1 is 1.15 bits per heavy atom. The number of amides is 1. The average Bonchev–Trinajstić information content (AvgIpc) is 2.38. The summed E-state index contributed by atoms with van der Waals surface area (Å²) in [5.41, 5.74) is 0.601. The van der Waals surface area contributed by atoms with Crippen molar-refractivity contribution in [1.82, 2.24) is 0 Å². The summed E-state index contributed by atoms with van der Waals surface area (Å²) < 4.78 is 29.7. The number of hydrogen-bond donors (Lipinski definition) is 1. The number of carbonyl (C=O) groups is 1. The van der Waals surface area contributed by atoms with Gasteiger partial charge in [0.25, 0.3) is 5.91 Å². The van der Waals surface area contributed by atoms with E-state index in [0.29, 0.717) is 5.69 Å². The molecule has 3 nitrogen and oxygen atoms in total. The summed E-state index contributed by atoms with van der Waals surface area (Å²) in [6.07, 6.45) is 0. The average molecular weight is 342 g/mol. The topological polar surface area (TPSA) is 38.3 Å². The lowest BCUT2D eigenvalue weighted by molar-refractivity contribution is -0.0501. The summed E-state index contributed by atoms with van der Waals surface area (Å²) in [5.74, 6) is -0.672. The molecule has 0 atom stereocenters. The van der Waals surface area contributed by atoms with Gasteiger partial charge in [0.2, 0.25) is 0 Å². The second-order valence-corrected chi connectivity index (χ2v) is 4.75. The van der Waals surface area contributed by atoms with E-state index in [1.807, 2.05) is 6.07 Å². The monoisotopic (exact) mass is 341 g/mol. The second-order valence-electron chi connectivity index (χ2n) is 3.84. The number of halogens is 3. The zero-order chi connectivity index (χ0) is 14.5. The lowest BCUT2D eigenvalue weighted by Gasteiger charge is -2.11. The Labute approximate surface area is 122 Å². The Balaban J connectivity index is 2.21. The van der Waals surface area contributed by atoms with Gasteiger partial charge in [-0.2, -0.15) is 8.78 Å². The van der Waals surface area contributed by atoms with Crippen LogP contribution in [0.15, 0.2) is 53.0 Å². The van der Waals surface area contributed by atoms with Gasteiger partial charge >= 0.3 is 6.61 Å². The van der Waals surface area contributed by atoms with Crippen molar-refractivity contribution in [2.45, 2.75) is 6.61 Å². The van der Waals surface area contributed by atoms with Crippen molar-refractivity contribution in [3.63, 3.8) is 0 Å². The molecule has 0 aliphatic heterocycles. The first-order chi connectivity index (χ1) is 9.56. The van der Waals surface area contributed by atoms with E-state index in [-0.39, 0.29) is 11.3 Å². The van der Waals surface area contributed by atoms with Crippen LogP contribution >= 0.6 is 15.9 Å². The molecule has 20 heavy (non-hydrogen) atoms. The molecule has 0 fully saturated rings. The van der Waals surface area contributed by atoms with Gasteiger partial charge in [-0.05, 0) is 30.3 Å². The van der Waals surface area contributed by atoms with Gasteiger partial charge < -0.3 is 10.1 Å². The summed E-state index contributed by atoms with van der Waals surface area (Å²) in [7, 11) is 0. The Kier molecular flexibility index (Phi) is 4.68. The molecule has 2 rings (SSSR count). The third-order valence-corrected chi connectivity index (χ3v) is 2.92. The first-order valence-electron chi connectivity index (χ1n) is 5.67. The summed E-state index contributed by atoms with van der Waals surface area (Å²) in [5, 5.41) is 2.62. The highest BCUT2D eigenvalue weighted by molar-refractivity contribution is 9.10. The molecular formula is C14H10BrF2NO2. The zero-order valence-electron chi connectivity index (χ0n) is 10.1. The van der Waals surface area contributed by atoms with Gasteiger partial charge in [0.05, 0.1) is 5.56 Å². The van der Waals surface area contributed by atoms with E-state index >= 15 is 0 Å². The van der Waals surface area contributed by atoms with Crippen LogP contribution in [0, 0.1) is 0 Å². The molecule has 0 spiro atoms. The van der Waals surface area contributed by atoms with E-state index in [1.165, 1.54) is 18.2 Å². The number of para-hydroxylation sites is 1. The largest absolute Gasteiger partial charge is 0.434 e. The van der Waals surface area contributed by atoms with E-state index in [4.69, 9.17) is 0 Å². The minimum Gasteiger partial charge on any atom is -0.434 e. The minimum atomic E-state index is -2.98. The van der Waals surface area contributed by atoms with Gasteiger partial charge in [-0.1, -0.05) is 34.1 Å². The first kappa shape index (κ1) is 14.5. The Morgan fingerprint density at radius 3 is 2.60 bits per heavy atom. The third kappa shape index (κ3) is 3.77. The van der Waals surface area contributed by atoms with Crippen molar-refractivity contribution in [2.24, 2.45) is 0 Å². The predicted octanol–water partition coefficient (Wildman–Crippen LogP) is 4.30. The fourth-order valence-electron chi connectivity index (χ4n) is 1.62. The molecule has 0 bridgehead atoms. The predicted molar refractivity (Wildman–Crippen MR) is 75.2 cm³/mol. The lowest BCUT2D eigenvalue weighted by atomic mass is 10.2. The SMILES string of the molecule is O=C(Nc1cccc(Br)c1)c1ccccc1OC(F)F. The van der Waals surface area contributed by atoms with Crippen molar-refractivity contribution in [3.8, 4) is 5.75 Å². The molecule has 0 saturated heterocycles. The molecule has 0 aliphatic rings. The number of ether oxygens (including phenoxy) is 1. The number of carbonyl (C=O) groups excluding carboxylic acids is 1. The number of hydrogen-bond acceptors (Lipinski definition) is 2. The zero-order valence-corrected chi connectivity index (χ0v) is 11.7. The molecule has 104 valence electrons. The van der Waals surface area contributed by atoms with Crippen LogP contribution in [0.1, 0.15) is 10.4 Å². The fourth-order valence-corrected chi connectivity index (χ4v) is 2.02. The Morgan fingerprint density at radius 2 is 1.90 bits per heavy atom. The fraction of sp³-hybridized carbons (Fsp3) is 0.0714. The molecule has 1 amide bonds. The second kappa shape index (κ2) is 6.47. The van der Waals surface area contributed by atoms with Crippen molar-refractivity contribution < 1.29 is 18.3 Å². The van der Waals surface area contributed by atoms with Crippen LogP contribution in [-0.2, 0) is 0 Å². The van der Waals surface area contributed by atoms with Gasteiger partial charge in [0, 0.05) is 10.2 Å². The Hall–Kier alpha value is -1.95. The molecule has 2 aromatic rings. The quantitative estimate of drug-likeness (QED) is 0.900. The van der Waals surface area contributed by atoms with Crippen LogP contribution in [0.5, 0.6) is 5.75 Å². The maximum Gasteiger partial charge on any atom is 0.387 e. The van der Waals surface area contributed by atoms with Crippen molar-refractivity contribution >= 4 is 27.5 Å². The number of alkyl halides is 2. The van der Waals surface area contributed by atoms with Crippen LogP contribution in [0.4, 0.5) is 14.5 Å². The molecule has 0 saturated carbocycles. The molecule has 0 aromatic heterocycles. The van der Waals surface area contributed by atoms with E-state index in [9.17, 15) is 13.6 Å². The van der Waals surface area contributed by atoms with Gasteiger partial charge in [0.1, 0.15) is 5.75 Å². The van der Waals surface area contributed by atoms with E-state index in [0.717, 1.165) is 4.47 Å². The molecule has 1 N–H and O–H groups in total. The molecular weight excluding hydrogens is 332 g/mol. The van der Waals surface area contributed by atoms with Crippen molar-refractivity contribution in [1.29, 1.82) is 0 Å². The van der Waals surface area contributed by atoms with Crippen LogP contribution < -0.4 is 10.1 Å². The summed E-state index contributed by atoms with van der Waals surface area (Å²) in [6, 6.07) is 12.8. The number of anilines is 1. The van der Waals surface area contributed by atoms with E-state index in [1.54, 1.807) is 24.3 Å². The van der Waals surface area contributed by atoms with Crippen LogP contribution in [0.2, 0.25) is 0 Å². The molecule has 0 heterocycles. The summed E-state index contributed by atoms with van der Waals surface area (Å²) in [4.78, 5) is 12.1. The van der Waals surface area contributed by atoms with Crippen molar-refractivity contribution in [2.75, 3.05) is 5.32 Å². The summed E-state index contributed by atoms with van der Waals surface area (Å²) >= 11 is 3.28. The number of benzene rings is 2.